The van der Waals surface area contributed by atoms with Gasteiger partial charge in [-0.05, 0) is 43.9 Å². The van der Waals surface area contributed by atoms with E-state index in [4.69, 9.17) is 9.47 Å². The molecule has 0 fully saturated rings. The average Bonchev–Trinajstić information content (AvgIpc) is 2.85. The fourth-order valence-corrected chi connectivity index (χ4v) is 2.77. The van der Waals surface area contributed by atoms with Gasteiger partial charge in [-0.2, -0.15) is 0 Å². The van der Waals surface area contributed by atoms with Crippen molar-refractivity contribution in [2.45, 2.75) is 38.3 Å². The number of nitrogens with one attached hydrogen (secondary N) is 1. The quantitative estimate of drug-likeness (QED) is 0.732. The number of methoxy groups -OCH3 is 1. The summed E-state index contributed by atoms with van der Waals surface area (Å²) in [6, 6.07) is 0.544. The second kappa shape index (κ2) is 7.68. The van der Waals surface area contributed by atoms with E-state index < -0.39 is 0 Å². The van der Waals surface area contributed by atoms with Gasteiger partial charge in [0.15, 0.2) is 0 Å². The molecule has 1 aromatic heterocycles. The highest BCUT2D eigenvalue weighted by atomic mass is 16.5. The van der Waals surface area contributed by atoms with E-state index in [1.165, 1.54) is 30.4 Å². The standard InChI is InChI=1S/C15H26N2O2/c1-16-15-6-3-5-13-11-17(12-14(13)15)7-4-8-19-10-9-18-2/h11-12,15-16H,3-10H2,1-2H3. The number of ether oxygens (including phenoxy) is 2. The molecule has 1 aromatic rings. The number of aromatic nitrogens is 1. The number of hydrogen-bond acceptors (Lipinski definition) is 3. The van der Waals surface area contributed by atoms with E-state index in [-0.39, 0.29) is 0 Å². The molecule has 1 N–H and O–H groups in total. The van der Waals surface area contributed by atoms with Gasteiger partial charge in [-0.3, -0.25) is 0 Å². The molecule has 0 spiro atoms. The van der Waals surface area contributed by atoms with E-state index in [1.807, 2.05) is 0 Å². The molecule has 19 heavy (non-hydrogen) atoms. The molecular formula is C15H26N2O2. The lowest BCUT2D eigenvalue weighted by Gasteiger charge is -2.21. The summed E-state index contributed by atoms with van der Waals surface area (Å²) in [6.45, 7) is 3.22. The molecule has 1 unspecified atom stereocenters. The van der Waals surface area contributed by atoms with Gasteiger partial charge in [-0.1, -0.05) is 0 Å². The Kier molecular flexibility index (Phi) is 5.89. The van der Waals surface area contributed by atoms with Crippen LogP contribution in [0.3, 0.4) is 0 Å². The topological polar surface area (TPSA) is 35.4 Å². The Morgan fingerprint density at radius 2 is 2.21 bits per heavy atom. The lowest BCUT2D eigenvalue weighted by atomic mass is 9.91. The Hall–Kier alpha value is -0.840. The summed E-state index contributed by atoms with van der Waals surface area (Å²) >= 11 is 0. The number of rotatable bonds is 8. The van der Waals surface area contributed by atoms with Crippen LogP contribution in [0.15, 0.2) is 12.4 Å². The second-order valence-corrected chi connectivity index (χ2v) is 5.17. The highest BCUT2D eigenvalue weighted by Crippen LogP contribution is 2.30. The van der Waals surface area contributed by atoms with Gasteiger partial charge in [0.1, 0.15) is 0 Å². The largest absolute Gasteiger partial charge is 0.382 e. The molecule has 0 aromatic carbocycles. The zero-order valence-electron chi connectivity index (χ0n) is 12.2. The second-order valence-electron chi connectivity index (χ2n) is 5.17. The van der Waals surface area contributed by atoms with Gasteiger partial charge in [-0.15, -0.1) is 0 Å². The molecule has 1 heterocycles. The van der Waals surface area contributed by atoms with E-state index in [0.717, 1.165) is 19.6 Å². The zero-order valence-corrected chi connectivity index (χ0v) is 12.2. The van der Waals surface area contributed by atoms with Crippen LogP contribution in [-0.2, 0) is 22.4 Å². The molecule has 4 heteroatoms. The van der Waals surface area contributed by atoms with E-state index in [9.17, 15) is 0 Å². The molecular weight excluding hydrogens is 240 g/mol. The van der Waals surface area contributed by atoms with Crippen molar-refractivity contribution >= 4 is 0 Å². The van der Waals surface area contributed by atoms with Gasteiger partial charge >= 0.3 is 0 Å². The van der Waals surface area contributed by atoms with Crippen molar-refractivity contribution in [1.29, 1.82) is 0 Å². The molecule has 1 aliphatic carbocycles. The van der Waals surface area contributed by atoms with Crippen LogP contribution in [0.4, 0.5) is 0 Å². The Bertz CT molecular complexity index is 376. The summed E-state index contributed by atoms with van der Waals surface area (Å²) < 4.78 is 12.8. The Balaban J connectivity index is 1.77. The zero-order chi connectivity index (χ0) is 13.5. The number of fused-ring (bicyclic) bond motifs is 1. The number of aryl methyl sites for hydroxylation is 2. The van der Waals surface area contributed by atoms with Crippen LogP contribution < -0.4 is 5.32 Å². The smallest absolute Gasteiger partial charge is 0.0700 e. The lowest BCUT2D eigenvalue weighted by molar-refractivity contribution is 0.0680. The predicted octanol–water partition coefficient (Wildman–Crippen LogP) is 2.14. The van der Waals surface area contributed by atoms with Crippen molar-refractivity contribution in [2.75, 3.05) is 34.0 Å². The first kappa shape index (κ1) is 14.6. The number of hydrogen-bond donors (Lipinski definition) is 1. The molecule has 0 saturated carbocycles. The third-order valence-corrected chi connectivity index (χ3v) is 3.80. The van der Waals surface area contributed by atoms with Gasteiger partial charge in [0.2, 0.25) is 0 Å². The van der Waals surface area contributed by atoms with Crippen LogP contribution >= 0.6 is 0 Å². The first-order chi connectivity index (χ1) is 9.35. The SMILES string of the molecule is CNC1CCCc2cn(CCCOCCOC)cc21. The maximum atomic E-state index is 5.49. The van der Waals surface area contributed by atoms with Gasteiger partial charge < -0.3 is 19.4 Å². The maximum Gasteiger partial charge on any atom is 0.0700 e. The van der Waals surface area contributed by atoms with Crippen LogP contribution in [0, 0.1) is 0 Å². The van der Waals surface area contributed by atoms with Crippen LogP contribution in [0.25, 0.3) is 0 Å². The van der Waals surface area contributed by atoms with Crippen LogP contribution in [-0.4, -0.2) is 38.5 Å². The normalized spacial score (nSPS) is 18.5. The van der Waals surface area contributed by atoms with Crippen molar-refractivity contribution in [1.82, 2.24) is 9.88 Å². The van der Waals surface area contributed by atoms with Gasteiger partial charge in [0.25, 0.3) is 0 Å². The minimum absolute atomic E-state index is 0.544. The molecule has 0 amide bonds. The molecule has 1 aliphatic rings. The van der Waals surface area contributed by atoms with Crippen molar-refractivity contribution in [3.05, 3.63) is 23.5 Å². The van der Waals surface area contributed by atoms with Crippen LogP contribution in [0.1, 0.15) is 36.4 Å². The minimum Gasteiger partial charge on any atom is -0.382 e. The van der Waals surface area contributed by atoms with Crippen molar-refractivity contribution in [2.24, 2.45) is 0 Å². The maximum absolute atomic E-state index is 5.49. The highest BCUT2D eigenvalue weighted by molar-refractivity contribution is 5.30. The summed E-state index contributed by atoms with van der Waals surface area (Å²) in [5, 5.41) is 3.41. The average molecular weight is 266 g/mol. The predicted molar refractivity (Wildman–Crippen MR) is 76.5 cm³/mol. The molecule has 108 valence electrons. The summed E-state index contributed by atoms with van der Waals surface area (Å²) in [4.78, 5) is 0. The van der Waals surface area contributed by atoms with Crippen molar-refractivity contribution in [3.8, 4) is 0 Å². The fourth-order valence-electron chi connectivity index (χ4n) is 2.77. The summed E-state index contributed by atoms with van der Waals surface area (Å²) in [5.74, 6) is 0. The molecule has 1 atom stereocenters. The molecule has 2 rings (SSSR count). The van der Waals surface area contributed by atoms with Gasteiger partial charge in [-0.25, -0.2) is 0 Å². The fraction of sp³-hybridized carbons (Fsp3) is 0.733. The van der Waals surface area contributed by atoms with Gasteiger partial charge in [0.05, 0.1) is 13.2 Å². The molecule has 4 nitrogen and oxygen atoms in total. The summed E-state index contributed by atoms with van der Waals surface area (Å²) in [6.07, 6.45) is 9.46. The van der Waals surface area contributed by atoms with Crippen molar-refractivity contribution in [3.63, 3.8) is 0 Å². The molecule has 0 bridgehead atoms. The monoisotopic (exact) mass is 266 g/mol. The van der Waals surface area contributed by atoms with E-state index in [0.29, 0.717) is 19.3 Å². The third kappa shape index (κ3) is 4.06. The Morgan fingerprint density at radius 1 is 1.32 bits per heavy atom. The Labute approximate surface area is 116 Å². The summed E-state index contributed by atoms with van der Waals surface area (Å²) in [5.41, 5.74) is 3.01. The minimum atomic E-state index is 0.544. The Morgan fingerprint density at radius 3 is 3.00 bits per heavy atom. The van der Waals surface area contributed by atoms with Crippen molar-refractivity contribution < 1.29 is 9.47 Å². The summed E-state index contributed by atoms with van der Waals surface area (Å²) in [7, 11) is 3.76. The van der Waals surface area contributed by atoms with E-state index in [2.05, 4.69) is 29.3 Å². The first-order valence-corrected chi connectivity index (χ1v) is 7.27. The van der Waals surface area contributed by atoms with Crippen LogP contribution in [0.2, 0.25) is 0 Å². The first-order valence-electron chi connectivity index (χ1n) is 7.27. The number of nitrogens with zero attached hydrogens (tertiary/aromatic N) is 1. The third-order valence-electron chi connectivity index (χ3n) is 3.80. The lowest BCUT2D eigenvalue weighted by Crippen LogP contribution is -2.20. The molecule has 0 saturated heterocycles. The molecule has 0 aliphatic heterocycles. The van der Waals surface area contributed by atoms with Crippen LogP contribution in [0.5, 0.6) is 0 Å². The molecule has 0 radical (unpaired) electrons. The van der Waals surface area contributed by atoms with E-state index >= 15 is 0 Å². The van der Waals surface area contributed by atoms with Gasteiger partial charge in [0, 0.05) is 38.7 Å². The van der Waals surface area contributed by atoms with E-state index in [1.54, 1.807) is 7.11 Å². The highest BCUT2D eigenvalue weighted by Gasteiger charge is 2.20.